The lowest BCUT2D eigenvalue weighted by molar-refractivity contribution is -0.131. The molecule has 0 saturated heterocycles. The lowest BCUT2D eigenvalue weighted by Crippen LogP contribution is -2.33. The number of likely N-dealkylation sites (N-methyl/N-ethyl adjacent to an activating group) is 1. The number of nitrogens with zero attached hydrogens (tertiary/aromatic N) is 4. The summed E-state index contributed by atoms with van der Waals surface area (Å²) in [5.41, 5.74) is 2.46. The molecule has 0 aliphatic rings. The van der Waals surface area contributed by atoms with Crippen molar-refractivity contribution in [3.63, 3.8) is 0 Å². The molecule has 0 atom stereocenters. The Morgan fingerprint density at radius 2 is 1.91 bits per heavy atom. The molecule has 0 N–H and O–H groups in total. The molecule has 0 unspecified atom stereocenters. The summed E-state index contributed by atoms with van der Waals surface area (Å²) in [6.07, 6.45) is 1.64. The van der Waals surface area contributed by atoms with Gasteiger partial charge < -0.3 is 4.90 Å². The van der Waals surface area contributed by atoms with Gasteiger partial charge in [-0.15, -0.1) is 5.10 Å². The minimum Gasteiger partial charge on any atom is -0.340 e. The number of rotatable bonds is 4. The number of carbonyl (C=O) groups is 1. The summed E-state index contributed by atoms with van der Waals surface area (Å²) >= 11 is 0. The van der Waals surface area contributed by atoms with E-state index < -0.39 is 0 Å². The maximum Gasteiger partial charge on any atom is 0.350 e. The normalized spacial score (nSPS) is 10.9. The molecule has 0 saturated carbocycles. The smallest absolute Gasteiger partial charge is 0.340 e. The van der Waals surface area contributed by atoms with Crippen molar-refractivity contribution in [2.75, 3.05) is 7.05 Å². The van der Waals surface area contributed by atoms with Crippen LogP contribution < -0.4 is 5.69 Å². The van der Waals surface area contributed by atoms with Crippen molar-refractivity contribution in [1.82, 2.24) is 19.1 Å². The van der Waals surface area contributed by atoms with Gasteiger partial charge in [0.25, 0.3) is 0 Å². The molecule has 1 amide bonds. The summed E-state index contributed by atoms with van der Waals surface area (Å²) in [7, 11) is 1.73. The SMILES string of the molecule is Cc1ccc(CN(C)C(=O)Cn2nc3ccccn3c2=O)cc1. The van der Waals surface area contributed by atoms with Crippen LogP contribution in [0.5, 0.6) is 0 Å². The third-order valence-electron chi connectivity index (χ3n) is 3.74. The van der Waals surface area contributed by atoms with E-state index in [1.165, 1.54) is 14.6 Å². The molecule has 3 aromatic rings. The molecule has 0 spiro atoms. The van der Waals surface area contributed by atoms with Crippen molar-refractivity contribution >= 4 is 11.6 Å². The van der Waals surface area contributed by atoms with Crippen LogP contribution in [0.2, 0.25) is 0 Å². The van der Waals surface area contributed by atoms with Gasteiger partial charge in [0.1, 0.15) is 6.54 Å². The van der Waals surface area contributed by atoms with Crippen LogP contribution in [-0.4, -0.2) is 32.0 Å². The number of amides is 1. The van der Waals surface area contributed by atoms with E-state index in [1.807, 2.05) is 31.2 Å². The predicted molar refractivity (Wildman–Crippen MR) is 87.1 cm³/mol. The summed E-state index contributed by atoms with van der Waals surface area (Å²) in [4.78, 5) is 26.1. The largest absolute Gasteiger partial charge is 0.350 e. The van der Waals surface area contributed by atoms with Crippen LogP contribution in [0.25, 0.3) is 5.65 Å². The van der Waals surface area contributed by atoms with Crippen molar-refractivity contribution in [3.8, 4) is 0 Å². The first-order valence-electron chi connectivity index (χ1n) is 7.38. The van der Waals surface area contributed by atoms with Gasteiger partial charge in [0.2, 0.25) is 5.91 Å². The average molecular weight is 310 g/mol. The zero-order chi connectivity index (χ0) is 16.4. The molecular formula is C17H18N4O2. The first-order valence-corrected chi connectivity index (χ1v) is 7.38. The van der Waals surface area contributed by atoms with Crippen LogP contribution in [0.1, 0.15) is 11.1 Å². The second kappa shape index (κ2) is 6.08. The third-order valence-corrected chi connectivity index (χ3v) is 3.74. The van der Waals surface area contributed by atoms with E-state index in [2.05, 4.69) is 5.10 Å². The maximum absolute atomic E-state index is 12.3. The van der Waals surface area contributed by atoms with Crippen molar-refractivity contribution in [3.05, 3.63) is 70.3 Å². The number of benzene rings is 1. The van der Waals surface area contributed by atoms with Gasteiger partial charge in [0.05, 0.1) is 0 Å². The predicted octanol–water partition coefficient (Wildman–Crippen LogP) is 1.46. The maximum atomic E-state index is 12.3. The van der Waals surface area contributed by atoms with Crippen LogP contribution in [0.3, 0.4) is 0 Å². The van der Waals surface area contributed by atoms with E-state index in [1.54, 1.807) is 36.3 Å². The van der Waals surface area contributed by atoms with E-state index >= 15 is 0 Å². The lowest BCUT2D eigenvalue weighted by atomic mass is 10.1. The third kappa shape index (κ3) is 3.15. The van der Waals surface area contributed by atoms with Gasteiger partial charge in [-0.1, -0.05) is 35.9 Å². The molecular weight excluding hydrogens is 292 g/mol. The van der Waals surface area contributed by atoms with Crippen molar-refractivity contribution in [2.24, 2.45) is 0 Å². The van der Waals surface area contributed by atoms with Gasteiger partial charge in [0.15, 0.2) is 5.65 Å². The number of aromatic nitrogens is 3. The highest BCUT2D eigenvalue weighted by molar-refractivity contribution is 5.75. The zero-order valence-electron chi connectivity index (χ0n) is 13.1. The minimum atomic E-state index is -0.308. The molecule has 0 aliphatic heterocycles. The standard InChI is InChI=1S/C17H18N4O2/c1-13-6-8-14(9-7-13)11-19(2)16(22)12-21-17(23)20-10-4-3-5-15(20)18-21/h3-10H,11-12H2,1-2H3. The zero-order valence-corrected chi connectivity index (χ0v) is 13.1. The Balaban J connectivity index is 1.73. The Hall–Kier alpha value is -2.89. The van der Waals surface area contributed by atoms with Gasteiger partial charge in [-0.2, -0.15) is 0 Å². The summed E-state index contributed by atoms with van der Waals surface area (Å²) in [6, 6.07) is 13.3. The topological polar surface area (TPSA) is 59.6 Å². The molecule has 118 valence electrons. The highest BCUT2D eigenvalue weighted by atomic mass is 16.2. The molecule has 0 radical (unpaired) electrons. The van der Waals surface area contributed by atoms with Gasteiger partial charge in [-0.3, -0.25) is 9.20 Å². The number of hydrogen-bond donors (Lipinski definition) is 0. The van der Waals surface area contributed by atoms with Crippen LogP contribution >= 0.6 is 0 Å². The first-order chi connectivity index (χ1) is 11.0. The number of fused-ring (bicyclic) bond motifs is 1. The van der Waals surface area contributed by atoms with Gasteiger partial charge in [-0.25, -0.2) is 9.48 Å². The summed E-state index contributed by atoms with van der Waals surface area (Å²) in [5, 5.41) is 4.17. The van der Waals surface area contributed by atoms with Crippen LogP contribution in [0, 0.1) is 6.92 Å². The Kier molecular flexibility index (Phi) is 3.97. The number of pyridine rings is 1. The first kappa shape index (κ1) is 15.0. The monoisotopic (exact) mass is 310 g/mol. The molecule has 3 rings (SSSR count). The Morgan fingerprint density at radius 3 is 2.61 bits per heavy atom. The average Bonchev–Trinajstić information content (AvgIpc) is 2.86. The molecule has 0 aliphatic carbocycles. The Morgan fingerprint density at radius 1 is 1.17 bits per heavy atom. The van der Waals surface area contributed by atoms with Crippen molar-refractivity contribution in [2.45, 2.75) is 20.0 Å². The van der Waals surface area contributed by atoms with E-state index in [9.17, 15) is 9.59 Å². The Bertz CT molecular complexity index is 893. The van der Waals surface area contributed by atoms with E-state index in [-0.39, 0.29) is 18.1 Å². The summed E-state index contributed by atoms with van der Waals surface area (Å²) < 4.78 is 2.62. The number of hydrogen-bond acceptors (Lipinski definition) is 3. The highest BCUT2D eigenvalue weighted by Crippen LogP contribution is 2.06. The summed E-state index contributed by atoms with van der Waals surface area (Å²) in [5.74, 6) is -0.156. The summed E-state index contributed by atoms with van der Waals surface area (Å²) in [6.45, 7) is 2.46. The van der Waals surface area contributed by atoms with Crippen molar-refractivity contribution < 1.29 is 4.79 Å². The molecule has 6 heteroatoms. The lowest BCUT2D eigenvalue weighted by Gasteiger charge is -2.17. The number of carbonyl (C=O) groups excluding carboxylic acids is 1. The molecule has 2 heterocycles. The second-order valence-corrected chi connectivity index (χ2v) is 5.60. The fraction of sp³-hybridized carbons (Fsp3) is 0.235. The van der Waals surface area contributed by atoms with Crippen LogP contribution in [0.4, 0.5) is 0 Å². The van der Waals surface area contributed by atoms with Gasteiger partial charge in [0, 0.05) is 19.8 Å². The fourth-order valence-corrected chi connectivity index (χ4v) is 2.38. The van der Waals surface area contributed by atoms with Crippen LogP contribution in [-0.2, 0) is 17.9 Å². The highest BCUT2D eigenvalue weighted by Gasteiger charge is 2.14. The Labute approximate surface area is 133 Å². The molecule has 2 aromatic heterocycles. The van der Waals surface area contributed by atoms with E-state index in [4.69, 9.17) is 0 Å². The van der Waals surface area contributed by atoms with Gasteiger partial charge >= 0.3 is 5.69 Å². The van der Waals surface area contributed by atoms with Crippen LogP contribution in [0.15, 0.2) is 53.5 Å². The molecule has 6 nitrogen and oxygen atoms in total. The van der Waals surface area contributed by atoms with Gasteiger partial charge in [-0.05, 0) is 24.6 Å². The molecule has 1 aromatic carbocycles. The quantitative estimate of drug-likeness (QED) is 0.733. The fourth-order valence-electron chi connectivity index (χ4n) is 2.38. The molecule has 0 fully saturated rings. The minimum absolute atomic E-state index is 0.0666. The number of aryl methyl sites for hydroxylation is 1. The van der Waals surface area contributed by atoms with E-state index in [0.717, 1.165) is 5.56 Å². The van der Waals surface area contributed by atoms with E-state index in [0.29, 0.717) is 12.2 Å². The second-order valence-electron chi connectivity index (χ2n) is 5.60. The molecule has 23 heavy (non-hydrogen) atoms. The molecule has 0 bridgehead atoms. The van der Waals surface area contributed by atoms with Crippen molar-refractivity contribution in [1.29, 1.82) is 0 Å².